The standard InChI is InChI=1S/C29H40N4O6/c1-7-8-9-28(38-23-12-10-22(11-13-23)17-31-32-21(6)34)39-24-14-15-25(26(16-24)37-18-27(30)35)29(36)33(19(2)3)20(4)5/h10-17,19-20,28H,7-9,18H2,1-6H3,(H2,30,35)(H,32,34). The van der Waals surface area contributed by atoms with Gasteiger partial charge in [-0.1, -0.05) is 13.3 Å². The Hall–Kier alpha value is -4.08. The fraction of sp³-hybridized carbons (Fsp3) is 0.448. The molecule has 2 aromatic rings. The van der Waals surface area contributed by atoms with Gasteiger partial charge in [0.2, 0.25) is 12.2 Å². The molecule has 3 amide bonds. The molecule has 2 aromatic carbocycles. The van der Waals surface area contributed by atoms with E-state index in [0.717, 1.165) is 18.4 Å². The van der Waals surface area contributed by atoms with Crippen LogP contribution >= 0.6 is 0 Å². The van der Waals surface area contributed by atoms with Gasteiger partial charge >= 0.3 is 0 Å². The zero-order valence-corrected chi connectivity index (χ0v) is 23.6. The fourth-order valence-electron chi connectivity index (χ4n) is 3.87. The minimum absolute atomic E-state index is 0.0349. The van der Waals surface area contributed by atoms with Crippen molar-refractivity contribution in [3.05, 3.63) is 53.6 Å². The van der Waals surface area contributed by atoms with Crippen LogP contribution in [0.2, 0.25) is 0 Å². The Morgan fingerprint density at radius 2 is 1.62 bits per heavy atom. The van der Waals surface area contributed by atoms with Crippen molar-refractivity contribution in [2.24, 2.45) is 10.8 Å². The largest absolute Gasteiger partial charge is 0.483 e. The Balaban J connectivity index is 2.28. The van der Waals surface area contributed by atoms with Crippen LogP contribution < -0.4 is 25.4 Å². The maximum absolute atomic E-state index is 13.4. The number of nitrogens with two attached hydrogens (primary N) is 1. The number of nitrogens with one attached hydrogen (secondary N) is 1. The second kappa shape index (κ2) is 15.4. The number of benzene rings is 2. The first-order valence-electron chi connectivity index (χ1n) is 13.1. The molecule has 10 nitrogen and oxygen atoms in total. The molecule has 2 rings (SSSR count). The highest BCUT2D eigenvalue weighted by Crippen LogP contribution is 2.29. The smallest absolute Gasteiger partial charge is 0.258 e. The van der Waals surface area contributed by atoms with E-state index in [1.807, 2.05) is 39.8 Å². The number of amides is 3. The van der Waals surface area contributed by atoms with Crippen LogP contribution in [0.1, 0.15) is 76.7 Å². The third-order valence-electron chi connectivity index (χ3n) is 5.54. The van der Waals surface area contributed by atoms with Crippen molar-refractivity contribution in [2.75, 3.05) is 6.61 Å². The van der Waals surface area contributed by atoms with Gasteiger partial charge in [-0.15, -0.1) is 0 Å². The van der Waals surface area contributed by atoms with Gasteiger partial charge in [0.25, 0.3) is 11.8 Å². The molecule has 0 radical (unpaired) electrons. The third-order valence-corrected chi connectivity index (χ3v) is 5.54. The highest BCUT2D eigenvalue weighted by Gasteiger charge is 2.25. The van der Waals surface area contributed by atoms with Gasteiger partial charge in [0.1, 0.15) is 17.2 Å². The number of hydrazone groups is 1. The quantitative estimate of drug-likeness (QED) is 0.197. The molecular weight excluding hydrogens is 500 g/mol. The molecule has 0 spiro atoms. The minimum atomic E-state index is -0.654. The van der Waals surface area contributed by atoms with Crippen LogP contribution in [0.4, 0.5) is 0 Å². The SMILES string of the molecule is CCCCC(Oc1ccc(C=NNC(C)=O)cc1)Oc1ccc(C(=O)N(C(C)C)C(C)C)c(OCC(N)=O)c1. The van der Waals surface area contributed by atoms with Crippen LogP contribution in [0.3, 0.4) is 0 Å². The zero-order chi connectivity index (χ0) is 28.9. The summed E-state index contributed by atoms with van der Waals surface area (Å²) in [5.74, 6) is 0.103. The molecule has 0 saturated heterocycles. The zero-order valence-electron chi connectivity index (χ0n) is 23.6. The number of primary amides is 1. The van der Waals surface area contributed by atoms with E-state index in [4.69, 9.17) is 19.9 Å². The highest BCUT2D eigenvalue weighted by molar-refractivity contribution is 5.97. The number of hydrogen-bond acceptors (Lipinski definition) is 7. The third kappa shape index (κ3) is 10.3. The maximum Gasteiger partial charge on any atom is 0.258 e. The van der Waals surface area contributed by atoms with Crippen molar-refractivity contribution >= 4 is 23.9 Å². The molecule has 0 bridgehead atoms. The lowest BCUT2D eigenvalue weighted by atomic mass is 10.1. The maximum atomic E-state index is 13.4. The molecule has 0 aliphatic rings. The van der Waals surface area contributed by atoms with Crippen molar-refractivity contribution in [2.45, 2.75) is 79.2 Å². The van der Waals surface area contributed by atoms with Gasteiger partial charge in [-0.3, -0.25) is 14.4 Å². The second-order valence-electron chi connectivity index (χ2n) is 9.62. The van der Waals surface area contributed by atoms with E-state index in [1.54, 1.807) is 35.2 Å². The van der Waals surface area contributed by atoms with Crippen LogP contribution in [0.25, 0.3) is 0 Å². The van der Waals surface area contributed by atoms with Gasteiger partial charge in [-0.05, 0) is 76.1 Å². The van der Waals surface area contributed by atoms with Crippen molar-refractivity contribution < 1.29 is 28.6 Å². The molecule has 1 unspecified atom stereocenters. The summed E-state index contributed by atoms with van der Waals surface area (Å²) in [6, 6.07) is 12.0. The first-order chi connectivity index (χ1) is 18.5. The van der Waals surface area contributed by atoms with Crippen LogP contribution in [0, 0.1) is 0 Å². The number of hydrogen-bond donors (Lipinski definition) is 2. The van der Waals surface area contributed by atoms with Gasteiger partial charge in [-0.25, -0.2) is 5.43 Å². The van der Waals surface area contributed by atoms with Crippen LogP contribution in [0.15, 0.2) is 47.6 Å². The average Bonchev–Trinajstić information content (AvgIpc) is 2.86. The number of carbonyl (C=O) groups excluding carboxylic acids is 3. The topological polar surface area (TPSA) is 133 Å². The first kappa shape index (κ1) is 31.1. The van der Waals surface area contributed by atoms with E-state index in [-0.39, 0.29) is 36.3 Å². The van der Waals surface area contributed by atoms with E-state index in [1.165, 1.54) is 13.1 Å². The first-order valence-corrected chi connectivity index (χ1v) is 13.1. The van der Waals surface area contributed by atoms with Crippen LogP contribution in [-0.2, 0) is 9.59 Å². The van der Waals surface area contributed by atoms with E-state index in [0.29, 0.717) is 23.5 Å². The van der Waals surface area contributed by atoms with Gasteiger partial charge in [0.05, 0.1) is 11.8 Å². The Kier molecular flexibility index (Phi) is 12.3. The summed E-state index contributed by atoms with van der Waals surface area (Å²) in [5, 5.41) is 3.85. The molecule has 212 valence electrons. The van der Waals surface area contributed by atoms with Crippen molar-refractivity contribution in [1.29, 1.82) is 0 Å². The Bertz CT molecular complexity index is 1120. The van der Waals surface area contributed by atoms with Gasteiger partial charge in [0.15, 0.2) is 6.61 Å². The highest BCUT2D eigenvalue weighted by atomic mass is 16.7. The number of unbranched alkanes of at least 4 members (excludes halogenated alkanes) is 1. The summed E-state index contributed by atoms with van der Waals surface area (Å²) in [6.07, 6.45) is 3.35. The van der Waals surface area contributed by atoms with Crippen molar-refractivity contribution in [3.8, 4) is 17.2 Å². The Morgan fingerprint density at radius 1 is 1.00 bits per heavy atom. The van der Waals surface area contributed by atoms with Gasteiger partial charge in [0, 0.05) is 31.5 Å². The molecule has 0 heterocycles. The predicted octanol–water partition coefficient (Wildman–Crippen LogP) is 4.25. The summed E-state index contributed by atoms with van der Waals surface area (Å²) in [4.78, 5) is 37.5. The lowest BCUT2D eigenvalue weighted by Crippen LogP contribution is -2.42. The molecule has 0 aliphatic carbocycles. The molecule has 1 atom stereocenters. The fourth-order valence-corrected chi connectivity index (χ4v) is 3.87. The van der Waals surface area contributed by atoms with E-state index in [2.05, 4.69) is 17.5 Å². The lowest BCUT2D eigenvalue weighted by molar-refractivity contribution is -0.120. The molecule has 3 N–H and O–H groups in total. The number of carbonyl (C=O) groups is 3. The number of nitrogens with zero attached hydrogens (tertiary/aromatic N) is 2. The Labute approximate surface area is 230 Å². The molecule has 0 fully saturated rings. The van der Waals surface area contributed by atoms with Crippen LogP contribution in [0.5, 0.6) is 17.2 Å². The van der Waals surface area contributed by atoms with E-state index in [9.17, 15) is 14.4 Å². The molecule has 0 saturated carbocycles. The van der Waals surface area contributed by atoms with E-state index >= 15 is 0 Å². The van der Waals surface area contributed by atoms with Gasteiger partial charge < -0.3 is 24.8 Å². The molecule has 0 aromatic heterocycles. The molecular formula is C29H40N4O6. The summed E-state index contributed by atoms with van der Waals surface area (Å²) < 4.78 is 17.9. The summed E-state index contributed by atoms with van der Waals surface area (Å²) in [6.45, 7) is 10.9. The predicted molar refractivity (Wildman–Crippen MR) is 150 cm³/mol. The molecule has 10 heteroatoms. The second-order valence-corrected chi connectivity index (χ2v) is 9.62. The van der Waals surface area contributed by atoms with Crippen molar-refractivity contribution in [1.82, 2.24) is 10.3 Å². The summed E-state index contributed by atoms with van der Waals surface area (Å²) in [5.41, 5.74) is 8.76. The van der Waals surface area contributed by atoms with Crippen LogP contribution in [-0.4, -0.2) is 53.8 Å². The molecule has 0 aliphatic heterocycles. The molecule has 39 heavy (non-hydrogen) atoms. The summed E-state index contributed by atoms with van der Waals surface area (Å²) in [7, 11) is 0. The normalized spacial score (nSPS) is 11.9. The number of ether oxygens (including phenoxy) is 3. The number of rotatable bonds is 15. The van der Waals surface area contributed by atoms with E-state index < -0.39 is 12.2 Å². The summed E-state index contributed by atoms with van der Waals surface area (Å²) >= 11 is 0. The monoisotopic (exact) mass is 540 g/mol. The lowest BCUT2D eigenvalue weighted by Gasteiger charge is -2.31. The average molecular weight is 541 g/mol. The van der Waals surface area contributed by atoms with Gasteiger partial charge in [-0.2, -0.15) is 5.10 Å². The Morgan fingerprint density at radius 3 is 2.18 bits per heavy atom. The van der Waals surface area contributed by atoms with Crippen molar-refractivity contribution in [3.63, 3.8) is 0 Å². The minimum Gasteiger partial charge on any atom is -0.483 e.